The Morgan fingerprint density at radius 1 is 1.15 bits per heavy atom. The molecule has 2 aromatic heterocycles. The van der Waals surface area contributed by atoms with Crippen molar-refractivity contribution in [3.63, 3.8) is 0 Å². The number of nitrogens with zero attached hydrogens (tertiary/aromatic N) is 5. The molecule has 0 radical (unpaired) electrons. The summed E-state index contributed by atoms with van der Waals surface area (Å²) in [4.78, 5) is 26.9. The summed E-state index contributed by atoms with van der Waals surface area (Å²) in [6.45, 7) is 10.9. The molecule has 3 aliphatic rings. The van der Waals surface area contributed by atoms with Crippen LogP contribution in [0, 0.1) is 17.1 Å². The Bertz CT molecular complexity index is 1880. The number of hydrogen-bond acceptors (Lipinski definition) is 9. The van der Waals surface area contributed by atoms with E-state index in [0.717, 1.165) is 11.3 Å². The number of fused-ring (bicyclic) bond motifs is 2. The molecule has 6 rings (SSSR count). The first kappa shape index (κ1) is 31.7. The van der Waals surface area contributed by atoms with Crippen molar-refractivity contribution < 1.29 is 32.6 Å². The second kappa shape index (κ2) is 11.2. The largest absolute Gasteiger partial charge is 0.493 e. The van der Waals surface area contributed by atoms with Crippen molar-refractivity contribution in [2.45, 2.75) is 76.6 Å². The summed E-state index contributed by atoms with van der Waals surface area (Å²) in [5.74, 6) is -1.41. The first-order valence-electron chi connectivity index (χ1n) is 14.5. The zero-order valence-corrected chi connectivity index (χ0v) is 27.5. The van der Waals surface area contributed by atoms with Crippen LogP contribution >= 0.6 is 22.9 Å². The van der Waals surface area contributed by atoms with Gasteiger partial charge in [0.1, 0.15) is 51.7 Å². The molecule has 3 atom stereocenters. The number of aromatic nitrogens is 3. The predicted octanol–water partition coefficient (Wildman–Crippen LogP) is 7.14. The van der Waals surface area contributed by atoms with E-state index in [9.17, 15) is 14.9 Å². The maximum absolute atomic E-state index is 16.3. The minimum atomic E-state index is -1.17. The van der Waals surface area contributed by atoms with Crippen LogP contribution in [-0.2, 0) is 20.8 Å². The minimum Gasteiger partial charge on any atom is -0.493 e. The maximum Gasteiger partial charge on any atom is 0.412 e. The van der Waals surface area contributed by atoms with Crippen molar-refractivity contribution in [3.8, 4) is 6.07 Å². The molecule has 0 bridgehead atoms. The number of ether oxygens (including phenoxy) is 3. The lowest BCUT2D eigenvalue weighted by Gasteiger charge is -2.34. The van der Waals surface area contributed by atoms with Crippen LogP contribution in [0.1, 0.15) is 76.3 Å². The average molecular weight is 673 g/mol. The van der Waals surface area contributed by atoms with Crippen LogP contribution in [0.2, 0.25) is 0 Å². The molecule has 0 saturated carbocycles. The summed E-state index contributed by atoms with van der Waals surface area (Å²) in [6.07, 6.45) is -0.0538. The van der Waals surface area contributed by atoms with Crippen LogP contribution in [0.5, 0.6) is 0 Å². The quantitative estimate of drug-likeness (QED) is 0.284. The fourth-order valence-electron chi connectivity index (χ4n) is 5.77. The summed E-state index contributed by atoms with van der Waals surface area (Å²) < 4.78 is 50.4. The van der Waals surface area contributed by atoms with E-state index in [1.54, 1.807) is 41.5 Å². The van der Waals surface area contributed by atoms with Crippen molar-refractivity contribution in [3.05, 3.63) is 58.4 Å². The van der Waals surface area contributed by atoms with E-state index in [0.29, 0.717) is 17.2 Å². The highest BCUT2D eigenvalue weighted by Crippen LogP contribution is 2.50. The molecule has 2 amide bonds. The Labute approximate surface area is 272 Å². The van der Waals surface area contributed by atoms with Gasteiger partial charge in [-0.1, -0.05) is 6.07 Å². The van der Waals surface area contributed by atoms with Gasteiger partial charge in [0.05, 0.1) is 34.3 Å². The number of benzene rings is 1. The fraction of sp³-hybridized carbons (Fsp3) is 0.452. The average Bonchev–Trinajstić information content (AvgIpc) is 3.48. The topological polar surface area (TPSA) is 132 Å². The van der Waals surface area contributed by atoms with Crippen molar-refractivity contribution in [1.82, 2.24) is 19.7 Å². The van der Waals surface area contributed by atoms with Gasteiger partial charge in [0.25, 0.3) is 0 Å². The molecular weight excluding hydrogens is 642 g/mol. The molecule has 0 spiro atoms. The Hall–Kier alpha value is -4.22. The zero-order valence-electron chi connectivity index (χ0n) is 25.9. The molecule has 242 valence electrons. The Morgan fingerprint density at radius 3 is 2.54 bits per heavy atom. The number of thiophene rings is 1. The number of allylic oxidation sites excluding steroid dienone is 4. The van der Waals surface area contributed by atoms with E-state index in [1.165, 1.54) is 23.1 Å². The Kier molecular flexibility index (Phi) is 7.76. The van der Waals surface area contributed by atoms with Gasteiger partial charge in [0.15, 0.2) is 11.6 Å². The zero-order chi connectivity index (χ0) is 33.3. The highest BCUT2D eigenvalue weighted by molar-refractivity contribution is 7.23. The lowest BCUT2D eigenvalue weighted by Crippen LogP contribution is -2.44. The van der Waals surface area contributed by atoms with Gasteiger partial charge in [-0.3, -0.25) is 10.2 Å². The van der Waals surface area contributed by atoms with Gasteiger partial charge in [0.2, 0.25) is 0 Å². The number of hydrogen-bond donors (Lipinski definition) is 1. The van der Waals surface area contributed by atoms with Gasteiger partial charge in [-0.25, -0.2) is 18.4 Å². The molecular formula is C31H31ClF2N6O5S. The van der Waals surface area contributed by atoms with E-state index >= 15 is 8.78 Å². The van der Waals surface area contributed by atoms with Crippen molar-refractivity contribution in [1.29, 1.82) is 5.26 Å². The van der Waals surface area contributed by atoms with Crippen LogP contribution < -0.4 is 5.32 Å². The number of nitriles is 1. The summed E-state index contributed by atoms with van der Waals surface area (Å²) >= 11 is 7.86. The van der Waals surface area contributed by atoms with Crippen molar-refractivity contribution in [2.75, 3.05) is 18.5 Å². The van der Waals surface area contributed by atoms with Gasteiger partial charge in [-0.2, -0.15) is 5.26 Å². The standard InChI is InChI=1S/C31H31ClF2N6O5S/c1-30(2,3)44-28(41)36-27-17(10-35)21-15(7-8-18(33)25(21)46-27)22-19(34)9-16-24(23(22)32)43-13-14-11-39(29(42)45-31(4,5)6)12-20-37-38-26(16)40(14)20/h7-9,14,22-23H,11-13H2,1-6H3,(H,36,41)/t14-,22?,23?/m1/s1. The number of anilines is 1. The summed E-state index contributed by atoms with van der Waals surface area (Å²) in [5.41, 5.74) is -1.00. The minimum absolute atomic E-state index is 0.0452. The van der Waals surface area contributed by atoms with E-state index in [2.05, 4.69) is 15.5 Å². The normalized spacial score (nSPS) is 21.0. The van der Waals surface area contributed by atoms with Crippen LogP contribution in [0.4, 0.5) is 23.4 Å². The van der Waals surface area contributed by atoms with E-state index in [4.69, 9.17) is 25.8 Å². The van der Waals surface area contributed by atoms with Crippen LogP contribution in [0.15, 0.2) is 29.8 Å². The molecule has 15 heteroatoms. The lowest BCUT2D eigenvalue weighted by molar-refractivity contribution is 0.0124. The monoisotopic (exact) mass is 672 g/mol. The van der Waals surface area contributed by atoms with Gasteiger partial charge in [0, 0.05) is 11.9 Å². The summed E-state index contributed by atoms with van der Waals surface area (Å²) in [6, 6.07) is 4.18. The number of carbonyl (C=O) groups is 2. The Morgan fingerprint density at radius 2 is 1.87 bits per heavy atom. The third-order valence-corrected chi connectivity index (χ3v) is 9.05. The SMILES string of the molecule is CC(C)(C)OC(=O)Nc1sc2c(F)ccc(C3C(F)=CC4=C(OC[C@H]5CN(C(=O)OC(C)(C)C)Cc6nnc4n65)C3Cl)c2c1C#N. The number of rotatable bonds is 2. The summed E-state index contributed by atoms with van der Waals surface area (Å²) in [7, 11) is 0. The second-order valence-electron chi connectivity index (χ2n) is 13.2. The molecule has 2 aliphatic heterocycles. The number of amides is 2. The third kappa shape index (κ3) is 5.66. The lowest BCUT2D eigenvalue weighted by atomic mass is 9.84. The molecule has 1 aromatic carbocycles. The molecule has 0 fully saturated rings. The molecule has 2 unspecified atom stereocenters. The van der Waals surface area contributed by atoms with Crippen molar-refractivity contribution >= 4 is 55.8 Å². The molecule has 46 heavy (non-hydrogen) atoms. The highest BCUT2D eigenvalue weighted by Gasteiger charge is 2.43. The number of nitrogens with one attached hydrogen (secondary N) is 1. The van der Waals surface area contributed by atoms with E-state index < -0.39 is 52.4 Å². The van der Waals surface area contributed by atoms with Crippen LogP contribution in [-0.4, -0.2) is 61.6 Å². The van der Waals surface area contributed by atoms with Crippen molar-refractivity contribution in [2.24, 2.45) is 0 Å². The van der Waals surface area contributed by atoms with Gasteiger partial charge >= 0.3 is 12.2 Å². The molecule has 4 heterocycles. The molecule has 11 nitrogen and oxygen atoms in total. The van der Waals surface area contributed by atoms with Gasteiger partial charge < -0.3 is 18.8 Å². The summed E-state index contributed by atoms with van der Waals surface area (Å²) in [5, 5.41) is 20.3. The van der Waals surface area contributed by atoms with Crippen LogP contribution in [0.3, 0.4) is 0 Å². The molecule has 1 N–H and O–H groups in total. The van der Waals surface area contributed by atoms with Gasteiger partial charge in [-0.15, -0.1) is 33.1 Å². The number of halogens is 3. The second-order valence-corrected chi connectivity index (χ2v) is 14.7. The van der Waals surface area contributed by atoms with E-state index in [1.807, 2.05) is 10.6 Å². The van der Waals surface area contributed by atoms with Gasteiger partial charge in [-0.05, 0) is 59.2 Å². The first-order chi connectivity index (χ1) is 21.6. The molecule has 1 aliphatic carbocycles. The predicted molar refractivity (Wildman–Crippen MR) is 167 cm³/mol. The smallest absolute Gasteiger partial charge is 0.412 e. The Balaban J connectivity index is 1.36. The highest BCUT2D eigenvalue weighted by atomic mass is 35.5. The first-order valence-corrected chi connectivity index (χ1v) is 15.8. The number of alkyl halides is 1. The molecule has 3 aromatic rings. The molecule has 0 saturated heterocycles. The van der Waals surface area contributed by atoms with Crippen LogP contribution in [0.25, 0.3) is 15.7 Å². The third-order valence-electron chi connectivity index (χ3n) is 7.49. The number of carbonyl (C=O) groups excluding carboxylic acids is 2. The maximum atomic E-state index is 16.3. The van der Waals surface area contributed by atoms with E-state index in [-0.39, 0.29) is 51.7 Å². The fourth-order valence-corrected chi connectivity index (χ4v) is 7.29.